The molecule has 5 nitrogen and oxygen atoms in total. The Bertz CT molecular complexity index is 901. The van der Waals surface area contributed by atoms with E-state index < -0.39 is 5.41 Å². The van der Waals surface area contributed by atoms with E-state index >= 15 is 0 Å². The first-order chi connectivity index (χ1) is 10.5. The molecular formula is C17H15N3O2. The normalized spacial score (nSPS) is 15.9. The van der Waals surface area contributed by atoms with Crippen molar-refractivity contribution in [2.75, 3.05) is 0 Å². The van der Waals surface area contributed by atoms with Gasteiger partial charge < -0.3 is 4.74 Å². The standard InChI is InChI=1S/C15H14O2.C2HN3/c1-9-4-5-10-6-7-12-13(11(10)8-9)15(2,3)14(16)17-12;1-2-3-4-5(1)2/h4-8H,1-3H3;1H. The van der Waals surface area contributed by atoms with Crippen molar-refractivity contribution >= 4 is 16.7 Å². The molecule has 0 bridgehead atoms. The third-order valence-electron chi connectivity index (χ3n) is 4.13. The molecule has 3 aliphatic rings. The highest BCUT2D eigenvalue weighted by Crippen LogP contribution is 2.43. The number of carbonyl (C=O) groups excluding carboxylic acids is 1. The largest absolute Gasteiger partial charge is 0.426 e. The van der Waals surface area contributed by atoms with E-state index in [9.17, 15) is 4.79 Å². The molecule has 0 spiro atoms. The van der Waals surface area contributed by atoms with Crippen LogP contribution in [0.2, 0.25) is 0 Å². The number of aryl methyl sites for hydroxylation is 1. The molecule has 22 heavy (non-hydrogen) atoms. The Kier molecular flexibility index (Phi) is 2.46. The number of esters is 1. The van der Waals surface area contributed by atoms with Crippen LogP contribution >= 0.6 is 0 Å². The molecule has 0 unspecified atom stereocenters. The summed E-state index contributed by atoms with van der Waals surface area (Å²) in [6, 6.07) is 10.2. The third kappa shape index (κ3) is 1.82. The van der Waals surface area contributed by atoms with Crippen molar-refractivity contribution in [2.24, 2.45) is 0 Å². The highest BCUT2D eigenvalue weighted by molar-refractivity contribution is 6.00. The van der Waals surface area contributed by atoms with Gasteiger partial charge in [-0.15, -0.1) is 5.10 Å². The Labute approximate surface area is 127 Å². The lowest BCUT2D eigenvalue weighted by atomic mass is 9.83. The van der Waals surface area contributed by atoms with Gasteiger partial charge in [0.15, 0.2) is 5.82 Å². The van der Waals surface area contributed by atoms with Crippen molar-refractivity contribution in [1.82, 2.24) is 15.0 Å². The van der Waals surface area contributed by atoms with Gasteiger partial charge in [0.2, 0.25) is 0 Å². The van der Waals surface area contributed by atoms with Crippen molar-refractivity contribution in [3.05, 3.63) is 47.7 Å². The topological polar surface area (TPSA) is 57.0 Å². The van der Waals surface area contributed by atoms with Crippen LogP contribution in [0.1, 0.15) is 25.0 Å². The lowest BCUT2D eigenvalue weighted by Gasteiger charge is -2.15. The Morgan fingerprint density at radius 1 is 1.18 bits per heavy atom. The van der Waals surface area contributed by atoms with Gasteiger partial charge in [-0.05, 0) is 37.6 Å². The van der Waals surface area contributed by atoms with Crippen LogP contribution in [0.4, 0.5) is 0 Å². The second-order valence-electron chi connectivity index (χ2n) is 6.20. The molecule has 0 radical (unpaired) electrons. The van der Waals surface area contributed by atoms with Crippen molar-refractivity contribution in [3.8, 4) is 11.6 Å². The van der Waals surface area contributed by atoms with Crippen molar-refractivity contribution in [1.29, 1.82) is 0 Å². The minimum absolute atomic E-state index is 0.165. The molecule has 3 aliphatic heterocycles. The molecule has 5 rings (SSSR count). The predicted molar refractivity (Wildman–Crippen MR) is 82.3 cm³/mol. The minimum atomic E-state index is -0.553. The van der Waals surface area contributed by atoms with Gasteiger partial charge in [-0.2, -0.15) is 4.68 Å². The molecule has 0 atom stereocenters. The van der Waals surface area contributed by atoms with E-state index in [2.05, 4.69) is 35.4 Å². The summed E-state index contributed by atoms with van der Waals surface area (Å²) >= 11 is 0. The van der Waals surface area contributed by atoms with Crippen molar-refractivity contribution in [3.63, 3.8) is 0 Å². The van der Waals surface area contributed by atoms with Crippen LogP contribution in [0.25, 0.3) is 16.6 Å². The number of hydrogen-bond donors (Lipinski definition) is 0. The second kappa shape index (κ2) is 4.16. The van der Waals surface area contributed by atoms with Crippen LogP contribution in [0.3, 0.4) is 0 Å². The van der Waals surface area contributed by atoms with E-state index in [-0.39, 0.29) is 5.97 Å². The summed E-state index contributed by atoms with van der Waals surface area (Å²) in [5.41, 5.74) is 1.66. The molecular weight excluding hydrogens is 278 g/mol. The first kappa shape index (κ1) is 13.0. The first-order valence-electron chi connectivity index (χ1n) is 7.16. The van der Waals surface area contributed by atoms with Crippen LogP contribution < -0.4 is 4.74 Å². The van der Waals surface area contributed by atoms with Gasteiger partial charge in [-0.1, -0.05) is 35.0 Å². The fraction of sp³-hybridized carbons (Fsp3) is 0.235. The average molecular weight is 293 g/mol. The zero-order valence-corrected chi connectivity index (χ0v) is 12.6. The van der Waals surface area contributed by atoms with Crippen LogP contribution in [0.5, 0.6) is 5.75 Å². The van der Waals surface area contributed by atoms with Gasteiger partial charge in [0.25, 0.3) is 0 Å². The Morgan fingerprint density at radius 3 is 2.50 bits per heavy atom. The van der Waals surface area contributed by atoms with Gasteiger partial charge in [-0.25, -0.2) is 0 Å². The van der Waals surface area contributed by atoms with Gasteiger partial charge >= 0.3 is 5.97 Å². The van der Waals surface area contributed by atoms with Crippen molar-refractivity contribution in [2.45, 2.75) is 26.2 Å². The summed E-state index contributed by atoms with van der Waals surface area (Å²) in [5, 5.41) is 9.34. The summed E-state index contributed by atoms with van der Waals surface area (Å²) < 4.78 is 7.05. The maximum absolute atomic E-state index is 11.9. The zero-order valence-electron chi connectivity index (χ0n) is 12.6. The molecule has 2 aromatic rings. The number of rotatable bonds is 0. The third-order valence-corrected chi connectivity index (χ3v) is 4.13. The number of fused-ring (bicyclic) bond motifs is 4. The quantitative estimate of drug-likeness (QED) is 0.369. The van der Waals surface area contributed by atoms with Crippen LogP contribution in [-0.4, -0.2) is 21.0 Å². The second-order valence-corrected chi connectivity index (χ2v) is 6.20. The number of hydrogen-bond acceptors (Lipinski definition) is 4. The van der Waals surface area contributed by atoms with E-state index in [4.69, 9.17) is 4.74 Å². The van der Waals surface area contributed by atoms with Gasteiger partial charge in [-0.3, -0.25) is 4.79 Å². The van der Waals surface area contributed by atoms with Gasteiger partial charge in [0.05, 0.1) is 11.6 Å². The first-order valence-corrected chi connectivity index (χ1v) is 7.16. The molecule has 0 aromatic heterocycles. The molecule has 5 heteroatoms. The molecule has 0 saturated heterocycles. The fourth-order valence-electron chi connectivity index (χ4n) is 2.75. The number of ether oxygens (including phenoxy) is 1. The van der Waals surface area contributed by atoms with Crippen LogP contribution in [-0.2, 0) is 10.2 Å². The van der Waals surface area contributed by atoms with E-state index in [0.29, 0.717) is 5.75 Å². The minimum Gasteiger partial charge on any atom is -0.426 e. The molecule has 0 fully saturated rings. The highest BCUT2D eigenvalue weighted by atomic mass is 16.5. The van der Waals surface area contributed by atoms with Crippen molar-refractivity contribution < 1.29 is 9.53 Å². The summed E-state index contributed by atoms with van der Waals surface area (Å²) in [4.78, 5) is 11.9. The smallest absolute Gasteiger partial charge is 0.321 e. The number of benzene rings is 2. The van der Waals surface area contributed by atoms with E-state index in [1.807, 2.05) is 32.2 Å². The van der Waals surface area contributed by atoms with Crippen LogP contribution in [0, 0.1) is 6.92 Å². The fourth-order valence-corrected chi connectivity index (χ4v) is 2.75. The monoisotopic (exact) mass is 293 g/mol. The lowest BCUT2D eigenvalue weighted by Crippen LogP contribution is -2.26. The summed E-state index contributed by atoms with van der Waals surface area (Å²) in [6.45, 7) is 5.90. The summed E-state index contributed by atoms with van der Waals surface area (Å²) in [5.74, 6) is 1.56. The number of nitrogens with zero attached hydrogens (tertiary/aromatic N) is 3. The SMILES string of the molecule is Cc1ccc2ccc3c(c2c1)C(C)(C)C(=O)O3.c1c2nnn1-2. The summed E-state index contributed by atoms with van der Waals surface area (Å²) in [6.07, 6.45) is 1.86. The molecule has 2 aromatic carbocycles. The Balaban J connectivity index is 0.000000208. The lowest BCUT2D eigenvalue weighted by molar-refractivity contribution is -0.137. The number of aromatic nitrogens is 3. The van der Waals surface area contributed by atoms with Gasteiger partial charge in [0.1, 0.15) is 5.75 Å². The Morgan fingerprint density at radius 2 is 1.91 bits per heavy atom. The molecule has 110 valence electrons. The van der Waals surface area contributed by atoms with E-state index in [0.717, 1.165) is 22.2 Å². The predicted octanol–water partition coefficient (Wildman–Crippen LogP) is 2.93. The molecule has 0 aliphatic carbocycles. The number of carbonyl (C=O) groups is 1. The molecule has 0 amide bonds. The maximum atomic E-state index is 11.9. The van der Waals surface area contributed by atoms with E-state index in [1.165, 1.54) is 5.56 Å². The summed E-state index contributed by atoms with van der Waals surface area (Å²) in [7, 11) is 0. The van der Waals surface area contributed by atoms with E-state index in [1.54, 1.807) is 4.68 Å². The van der Waals surface area contributed by atoms with Gasteiger partial charge in [0, 0.05) is 5.56 Å². The average Bonchev–Trinajstić information content (AvgIpc) is 2.95. The van der Waals surface area contributed by atoms with Crippen LogP contribution in [0.15, 0.2) is 36.5 Å². The highest BCUT2D eigenvalue weighted by Gasteiger charge is 2.42. The molecule has 0 saturated carbocycles. The molecule has 0 N–H and O–H groups in total. The maximum Gasteiger partial charge on any atom is 0.321 e. The zero-order chi connectivity index (χ0) is 15.5. The Hall–Kier alpha value is -2.69. The molecule has 3 heterocycles.